The fourth-order valence-electron chi connectivity index (χ4n) is 3.61. The van der Waals surface area contributed by atoms with Crippen LogP contribution in [0.15, 0.2) is 43.4 Å². The van der Waals surface area contributed by atoms with Crippen molar-refractivity contribution in [2.75, 3.05) is 32.6 Å². The molecule has 1 aromatic carbocycles. The summed E-state index contributed by atoms with van der Waals surface area (Å²) in [6, 6.07) is 5.61. The summed E-state index contributed by atoms with van der Waals surface area (Å²) >= 11 is 0. The number of anilines is 1. The summed E-state index contributed by atoms with van der Waals surface area (Å²) in [5, 5.41) is 4.32. The monoisotopic (exact) mass is 417 g/mol. The molecule has 8 heteroatoms. The zero-order valence-electron chi connectivity index (χ0n) is 17.4. The molecule has 0 spiro atoms. The van der Waals surface area contributed by atoms with E-state index in [1.165, 1.54) is 12.4 Å². The minimum absolute atomic E-state index is 0.0492. The third-order valence-electron chi connectivity index (χ3n) is 5.18. The number of benzene rings is 1. The predicted octanol–water partition coefficient (Wildman–Crippen LogP) is 2.57. The van der Waals surface area contributed by atoms with Gasteiger partial charge in [-0.15, -0.1) is 0 Å². The highest BCUT2D eigenvalue weighted by Crippen LogP contribution is 2.27. The Morgan fingerprint density at radius 2 is 2.03 bits per heavy atom. The minimum Gasteiger partial charge on any atom is -0.497 e. The normalized spacial score (nSPS) is 15.3. The number of aromatic nitrogens is 3. The third-order valence-corrected chi connectivity index (χ3v) is 5.18. The highest BCUT2D eigenvalue weighted by atomic mass is 16.5. The van der Waals surface area contributed by atoms with Crippen LogP contribution >= 0.6 is 0 Å². The van der Waals surface area contributed by atoms with Crippen molar-refractivity contribution in [3.05, 3.63) is 54.6 Å². The number of rotatable bonds is 5. The first-order valence-electron chi connectivity index (χ1n) is 9.86. The van der Waals surface area contributed by atoms with E-state index in [0.29, 0.717) is 35.9 Å². The third kappa shape index (κ3) is 4.31. The van der Waals surface area contributed by atoms with Crippen molar-refractivity contribution in [2.45, 2.75) is 12.5 Å². The van der Waals surface area contributed by atoms with Crippen molar-refractivity contribution >= 4 is 22.6 Å². The number of carbonyl (C=O) groups is 1. The van der Waals surface area contributed by atoms with Gasteiger partial charge in [-0.05, 0) is 30.6 Å². The van der Waals surface area contributed by atoms with Gasteiger partial charge in [0.2, 0.25) is 5.91 Å². The number of aromatic amines is 1. The van der Waals surface area contributed by atoms with Crippen LogP contribution in [0.5, 0.6) is 11.5 Å². The van der Waals surface area contributed by atoms with Crippen LogP contribution in [0.25, 0.3) is 11.0 Å². The van der Waals surface area contributed by atoms with Crippen molar-refractivity contribution in [1.29, 1.82) is 0 Å². The molecule has 0 aliphatic carbocycles. The molecule has 4 rings (SSSR count). The summed E-state index contributed by atoms with van der Waals surface area (Å²) in [4.78, 5) is 25.5. The molecule has 1 aliphatic rings. The smallest absolute Gasteiger partial charge is 0.246 e. The first-order valence-corrected chi connectivity index (χ1v) is 9.86. The topological polar surface area (TPSA) is 92.4 Å². The predicted molar refractivity (Wildman–Crippen MR) is 118 cm³/mol. The van der Waals surface area contributed by atoms with Gasteiger partial charge in [-0.25, -0.2) is 9.97 Å². The molecule has 1 fully saturated rings. The molecule has 8 nitrogen and oxygen atoms in total. The molecule has 0 saturated carbocycles. The van der Waals surface area contributed by atoms with Gasteiger partial charge in [-0.2, -0.15) is 0 Å². The molecule has 0 bridgehead atoms. The Hall–Kier alpha value is -3.99. The van der Waals surface area contributed by atoms with E-state index >= 15 is 0 Å². The zero-order valence-corrected chi connectivity index (χ0v) is 17.4. The zero-order chi connectivity index (χ0) is 21.8. The van der Waals surface area contributed by atoms with Crippen LogP contribution in [0.3, 0.4) is 0 Å². The lowest BCUT2D eigenvalue weighted by atomic mass is 10.1. The number of ether oxygens (including phenoxy) is 2. The van der Waals surface area contributed by atoms with Crippen molar-refractivity contribution in [2.24, 2.45) is 0 Å². The van der Waals surface area contributed by atoms with E-state index in [4.69, 9.17) is 9.47 Å². The maximum Gasteiger partial charge on any atom is 0.246 e. The molecular weight excluding hydrogens is 394 g/mol. The number of likely N-dealkylation sites (tertiary alicyclic amines) is 1. The van der Waals surface area contributed by atoms with Crippen molar-refractivity contribution < 1.29 is 14.3 Å². The van der Waals surface area contributed by atoms with E-state index in [2.05, 4.69) is 38.7 Å². The van der Waals surface area contributed by atoms with Gasteiger partial charge in [0.1, 0.15) is 29.2 Å². The first kappa shape index (κ1) is 20.3. The number of amides is 1. The molecule has 3 aromatic rings. The second-order valence-electron chi connectivity index (χ2n) is 7.12. The maximum absolute atomic E-state index is 11.9. The van der Waals surface area contributed by atoms with E-state index in [1.807, 2.05) is 18.3 Å². The molecule has 1 unspecified atom stereocenters. The van der Waals surface area contributed by atoms with Gasteiger partial charge in [0.15, 0.2) is 0 Å². The summed E-state index contributed by atoms with van der Waals surface area (Å²) < 4.78 is 10.6. The number of hydrogen-bond acceptors (Lipinski definition) is 6. The number of nitrogens with one attached hydrogen (secondary N) is 2. The fraction of sp³-hybridized carbons (Fsp3) is 0.261. The Kier molecular flexibility index (Phi) is 5.76. The van der Waals surface area contributed by atoms with Gasteiger partial charge in [-0.3, -0.25) is 4.79 Å². The maximum atomic E-state index is 11.9. The van der Waals surface area contributed by atoms with Crippen LogP contribution in [-0.4, -0.2) is 59.1 Å². The van der Waals surface area contributed by atoms with Gasteiger partial charge < -0.3 is 24.7 Å². The summed E-state index contributed by atoms with van der Waals surface area (Å²) in [7, 11) is 3.20. The number of fused-ring (bicyclic) bond motifs is 1. The van der Waals surface area contributed by atoms with Gasteiger partial charge in [0.25, 0.3) is 0 Å². The quantitative estimate of drug-likeness (QED) is 0.490. The second kappa shape index (κ2) is 8.79. The molecule has 1 amide bonds. The summed E-state index contributed by atoms with van der Waals surface area (Å²) in [5.74, 6) is 7.57. The lowest BCUT2D eigenvalue weighted by Gasteiger charge is -2.15. The molecule has 0 radical (unpaired) electrons. The van der Waals surface area contributed by atoms with E-state index < -0.39 is 0 Å². The first-order chi connectivity index (χ1) is 15.1. The van der Waals surface area contributed by atoms with Crippen LogP contribution in [0.4, 0.5) is 5.69 Å². The van der Waals surface area contributed by atoms with Crippen LogP contribution in [0, 0.1) is 11.8 Å². The van der Waals surface area contributed by atoms with E-state index in [1.54, 1.807) is 25.2 Å². The highest BCUT2D eigenvalue weighted by Gasteiger charge is 2.25. The lowest BCUT2D eigenvalue weighted by molar-refractivity contribution is -0.125. The summed E-state index contributed by atoms with van der Waals surface area (Å²) in [6.07, 6.45) is 5.55. The Balaban J connectivity index is 1.63. The van der Waals surface area contributed by atoms with Crippen LogP contribution in [0.1, 0.15) is 17.7 Å². The molecule has 1 atom stereocenters. The Labute approximate surface area is 180 Å². The minimum atomic E-state index is -0.0492. The Morgan fingerprint density at radius 3 is 2.74 bits per heavy atom. The molecule has 158 valence electrons. The SMILES string of the molecule is C=CC(=O)N1CCC(Nc2c[nH]c3ncnc(C#Cc4cc(OC)cc(OC)c4)c23)C1. The molecule has 31 heavy (non-hydrogen) atoms. The number of hydrogen-bond donors (Lipinski definition) is 2. The fourth-order valence-corrected chi connectivity index (χ4v) is 3.61. The largest absolute Gasteiger partial charge is 0.497 e. The number of H-pyrrole nitrogens is 1. The van der Waals surface area contributed by atoms with Crippen molar-refractivity contribution in [3.8, 4) is 23.3 Å². The van der Waals surface area contributed by atoms with E-state index in [9.17, 15) is 4.79 Å². The Morgan fingerprint density at radius 1 is 1.26 bits per heavy atom. The number of nitrogens with zero attached hydrogens (tertiary/aromatic N) is 3. The Bertz CT molecular complexity index is 1170. The van der Waals surface area contributed by atoms with E-state index in [0.717, 1.165) is 23.1 Å². The molecule has 2 N–H and O–H groups in total. The van der Waals surface area contributed by atoms with E-state index in [-0.39, 0.29) is 11.9 Å². The van der Waals surface area contributed by atoms with Crippen molar-refractivity contribution in [1.82, 2.24) is 19.9 Å². The average molecular weight is 417 g/mol. The van der Waals surface area contributed by atoms with Crippen molar-refractivity contribution in [3.63, 3.8) is 0 Å². The molecule has 3 heterocycles. The van der Waals surface area contributed by atoms with Crippen LogP contribution in [0.2, 0.25) is 0 Å². The standard InChI is InChI=1S/C23H23N5O3/c1-4-21(29)28-8-7-16(13-28)27-20-12-24-23-22(20)19(25-14-26-23)6-5-15-9-17(30-2)11-18(10-15)31-3/h4,9-12,14,16,27H,1,7-8,13H2,2-3H3,(H,24,25,26). The summed E-state index contributed by atoms with van der Waals surface area (Å²) in [6.45, 7) is 4.88. The van der Waals surface area contributed by atoms with Gasteiger partial charge >= 0.3 is 0 Å². The average Bonchev–Trinajstić information content (AvgIpc) is 3.44. The highest BCUT2D eigenvalue weighted by molar-refractivity contribution is 5.94. The van der Waals surface area contributed by atoms with Crippen LogP contribution in [-0.2, 0) is 4.79 Å². The molecular formula is C23H23N5O3. The van der Waals surface area contributed by atoms with Gasteiger partial charge in [0.05, 0.1) is 25.3 Å². The molecule has 1 saturated heterocycles. The summed E-state index contributed by atoms with van der Waals surface area (Å²) in [5.41, 5.74) is 2.91. The van der Waals surface area contributed by atoms with Gasteiger partial charge in [-0.1, -0.05) is 12.5 Å². The van der Waals surface area contributed by atoms with Crippen LogP contribution < -0.4 is 14.8 Å². The number of carbonyl (C=O) groups excluding carboxylic acids is 1. The molecule has 2 aromatic heterocycles. The van der Waals surface area contributed by atoms with Gasteiger partial charge in [0, 0.05) is 37.0 Å². The second-order valence-corrected chi connectivity index (χ2v) is 7.12. The lowest BCUT2D eigenvalue weighted by Crippen LogP contribution is -2.30. The molecule has 1 aliphatic heterocycles. The number of methoxy groups -OCH3 is 2.